The fourth-order valence-electron chi connectivity index (χ4n) is 3.04. The average molecular weight is 347 g/mol. The van der Waals surface area contributed by atoms with E-state index in [1.165, 1.54) is 11.6 Å². The number of aromatic nitrogens is 2. The fraction of sp³-hybridized carbons (Fsp3) is 0.100. The maximum atomic E-state index is 12.8. The summed E-state index contributed by atoms with van der Waals surface area (Å²) in [6, 6.07) is 19.0. The molecule has 0 unspecified atom stereocenters. The maximum Gasteiger partial charge on any atom is 0.333 e. The van der Waals surface area contributed by atoms with E-state index in [0.29, 0.717) is 16.8 Å². The van der Waals surface area contributed by atoms with E-state index in [4.69, 9.17) is 4.42 Å². The van der Waals surface area contributed by atoms with E-state index in [9.17, 15) is 9.59 Å². The first-order valence-electron chi connectivity index (χ1n) is 8.18. The molecule has 0 saturated heterocycles. The summed E-state index contributed by atoms with van der Waals surface area (Å²) in [4.78, 5) is 25.1. The highest BCUT2D eigenvalue weighted by Gasteiger charge is 2.23. The van der Waals surface area contributed by atoms with Gasteiger partial charge in [-0.25, -0.2) is 4.79 Å². The van der Waals surface area contributed by atoms with Gasteiger partial charge in [-0.2, -0.15) is 0 Å². The van der Waals surface area contributed by atoms with Crippen LogP contribution in [0.1, 0.15) is 0 Å². The first kappa shape index (κ1) is 16.0. The lowest BCUT2D eigenvalue weighted by Crippen LogP contribution is -2.36. The summed E-state index contributed by atoms with van der Waals surface area (Å²) in [6.45, 7) is 0. The molecule has 0 fully saturated rings. The zero-order chi connectivity index (χ0) is 18.3. The van der Waals surface area contributed by atoms with E-state index >= 15 is 0 Å². The Kier molecular flexibility index (Phi) is 3.73. The zero-order valence-electron chi connectivity index (χ0n) is 14.4. The molecule has 4 aromatic rings. The van der Waals surface area contributed by atoms with Crippen LogP contribution in [0, 0.1) is 0 Å². The van der Waals surface area contributed by atoms with Crippen molar-refractivity contribution in [3.8, 4) is 11.1 Å². The number of fused-ring (bicyclic) bond motifs is 1. The minimum atomic E-state index is -0.429. The molecule has 0 atom stereocenters. The van der Waals surface area contributed by atoms with Gasteiger partial charge in [0.15, 0.2) is 0 Å². The largest absolute Gasteiger partial charge is 0.423 e. The van der Waals surface area contributed by atoms with Crippen LogP contribution in [-0.2, 0) is 14.1 Å². The molecule has 0 radical (unpaired) electrons. The monoisotopic (exact) mass is 347 g/mol. The Morgan fingerprint density at radius 2 is 1.46 bits per heavy atom. The summed E-state index contributed by atoms with van der Waals surface area (Å²) >= 11 is 0. The topological polar surface area (TPSA) is 69.2 Å². The highest BCUT2D eigenvalue weighted by atomic mass is 16.4. The predicted molar refractivity (Wildman–Crippen MR) is 102 cm³/mol. The molecule has 2 aromatic heterocycles. The van der Waals surface area contributed by atoms with E-state index in [-0.39, 0.29) is 11.3 Å². The Hall–Kier alpha value is -3.54. The predicted octanol–water partition coefficient (Wildman–Crippen LogP) is 3.24. The molecule has 0 bridgehead atoms. The number of hydrogen-bond acceptors (Lipinski definition) is 4. The number of aryl methyl sites for hydroxylation is 1. The molecule has 2 aromatic carbocycles. The number of hydrogen-bond donors (Lipinski definition) is 1. The summed E-state index contributed by atoms with van der Waals surface area (Å²) < 4.78 is 8.38. The van der Waals surface area contributed by atoms with Gasteiger partial charge in [0.2, 0.25) is 11.6 Å². The Morgan fingerprint density at radius 3 is 2.12 bits per heavy atom. The van der Waals surface area contributed by atoms with Gasteiger partial charge in [-0.1, -0.05) is 48.5 Å². The van der Waals surface area contributed by atoms with Crippen LogP contribution in [0.25, 0.3) is 22.2 Å². The lowest BCUT2D eigenvalue weighted by molar-refractivity contribution is 0.577. The van der Waals surface area contributed by atoms with Gasteiger partial charge in [0, 0.05) is 19.8 Å². The first-order chi connectivity index (χ1) is 12.6. The third-order valence-corrected chi connectivity index (χ3v) is 4.38. The average Bonchev–Trinajstić information content (AvgIpc) is 3.05. The summed E-state index contributed by atoms with van der Waals surface area (Å²) in [5.74, 6) is 0.427. The van der Waals surface area contributed by atoms with Crippen LogP contribution in [0.4, 0.5) is 11.6 Å². The standard InChI is InChI=1S/C20H17N3O3/c1-22-18(24)16-15(13-9-5-3-6-10-13)17(21-14-11-7-4-8-12-14)26-19(16)23(2)20(22)25/h3-12,21H,1-2H3. The maximum absolute atomic E-state index is 12.8. The summed E-state index contributed by atoms with van der Waals surface area (Å²) in [5, 5.41) is 3.60. The van der Waals surface area contributed by atoms with Crippen LogP contribution >= 0.6 is 0 Å². The highest BCUT2D eigenvalue weighted by molar-refractivity contribution is 5.99. The molecule has 1 N–H and O–H groups in total. The van der Waals surface area contributed by atoms with E-state index in [1.807, 2.05) is 60.7 Å². The van der Waals surface area contributed by atoms with Gasteiger partial charge in [-0.05, 0) is 17.7 Å². The van der Waals surface area contributed by atoms with Crippen molar-refractivity contribution >= 4 is 22.7 Å². The summed E-state index contributed by atoms with van der Waals surface area (Å²) in [6.07, 6.45) is 0. The number of nitrogens with one attached hydrogen (secondary N) is 1. The highest BCUT2D eigenvalue weighted by Crippen LogP contribution is 2.37. The van der Waals surface area contributed by atoms with Crippen molar-refractivity contribution in [2.45, 2.75) is 0 Å². The molecular weight excluding hydrogens is 330 g/mol. The molecule has 0 spiro atoms. The molecule has 0 aliphatic carbocycles. The van der Waals surface area contributed by atoms with Crippen molar-refractivity contribution in [3.63, 3.8) is 0 Å². The third-order valence-electron chi connectivity index (χ3n) is 4.38. The van der Waals surface area contributed by atoms with Crippen molar-refractivity contribution in [1.29, 1.82) is 0 Å². The van der Waals surface area contributed by atoms with Gasteiger partial charge in [0.25, 0.3) is 5.56 Å². The molecule has 0 saturated carbocycles. The van der Waals surface area contributed by atoms with Crippen LogP contribution in [0.2, 0.25) is 0 Å². The second kappa shape index (κ2) is 6.07. The van der Waals surface area contributed by atoms with Crippen LogP contribution in [0.5, 0.6) is 0 Å². The molecule has 130 valence electrons. The Morgan fingerprint density at radius 1 is 0.846 bits per heavy atom. The number of nitrogens with zero attached hydrogens (tertiary/aromatic N) is 2. The van der Waals surface area contributed by atoms with Gasteiger partial charge < -0.3 is 9.73 Å². The minimum Gasteiger partial charge on any atom is -0.423 e. The molecule has 26 heavy (non-hydrogen) atoms. The number of benzene rings is 2. The molecule has 4 rings (SSSR count). The van der Waals surface area contributed by atoms with Crippen LogP contribution in [0.15, 0.2) is 74.7 Å². The molecule has 6 heteroatoms. The Labute approximate surface area is 148 Å². The Bertz CT molecular complexity index is 1200. The van der Waals surface area contributed by atoms with Crippen molar-refractivity contribution in [1.82, 2.24) is 9.13 Å². The zero-order valence-corrected chi connectivity index (χ0v) is 14.4. The molecule has 6 nitrogen and oxygen atoms in total. The number of furan rings is 1. The van der Waals surface area contributed by atoms with Crippen LogP contribution in [-0.4, -0.2) is 9.13 Å². The van der Waals surface area contributed by atoms with Gasteiger partial charge in [-0.15, -0.1) is 0 Å². The second-order valence-corrected chi connectivity index (χ2v) is 6.05. The van der Waals surface area contributed by atoms with Crippen molar-refractivity contribution in [3.05, 3.63) is 81.5 Å². The van der Waals surface area contributed by atoms with Gasteiger partial charge in [0.1, 0.15) is 5.39 Å². The molecular formula is C20H17N3O3. The smallest absolute Gasteiger partial charge is 0.333 e. The molecule has 0 amide bonds. The molecule has 0 aliphatic heterocycles. The second-order valence-electron chi connectivity index (χ2n) is 6.05. The first-order valence-corrected chi connectivity index (χ1v) is 8.18. The van der Waals surface area contributed by atoms with E-state index in [0.717, 1.165) is 15.8 Å². The van der Waals surface area contributed by atoms with Gasteiger partial charge >= 0.3 is 5.69 Å². The summed E-state index contributed by atoms with van der Waals surface area (Å²) in [7, 11) is 3.06. The van der Waals surface area contributed by atoms with Crippen molar-refractivity contribution in [2.24, 2.45) is 14.1 Å². The minimum absolute atomic E-state index is 0.246. The van der Waals surface area contributed by atoms with E-state index in [1.54, 1.807) is 7.05 Å². The van der Waals surface area contributed by atoms with Crippen molar-refractivity contribution < 1.29 is 4.42 Å². The number of para-hydroxylation sites is 1. The lowest BCUT2D eigenvalue weighted by atomic mass is 10.1. The Balaban J connectivity index is 2.08. The van der Waals surface area contributed by atoms with Crippen molar-refractivity contribution in [2.75, 3.05) is 5.32 Å². The SMILES string of the molecule is Cn1c(=O)c2c(-c3ccccc3)c(Nc3ccccc3)oc2n(C)c1=O. The molecule has 0 aliphatic rings. The fourth-order valence-corrected chi connectivity index (χ4v) is 3.04. The number of rotatable bonds is 3. The quantitative estimate of drug-likeness (QED) is 0.618. The summed E-state index contributed by atoms with van der Waals surface area (Å²) in [5.41, 5.74) is 1.73. The molecule has 2 heterocycles. The normalized spacial score (nSPS) is 11.0. The lowest BCUT2D eigenvalue weighted by Gasteiger charge is -2.06. The van der Waals surface area contributed by atoms with Gasteiger partial charge in [0.05, 0.1) is 5.56 Å². The van der Waals surface area contributed by atoms with E-state index < -0.39 is 5.69 Å². The van der Waals surface area contributed by atoms with Crippen LogP contribution in [0.3, 0.4) is 0 Å². The van der Waals surface area contributed by atoms with E-state index in [2.05, 4.69) is 5.32 Å². The van der Waals surface area contributed by atoms with Gasteiger partial charge in [-0.3, -0.25) is 13.9 Å². The van der Waals surface area contributed by atoms with Crippen LogP contribution < -0.4 is 16.6 Å². The number of anilines is 2. The third kappa shape index (κ3) is 2.43.